The van der Waals surface area contributed by atoms with Crippen LogP contribution in [0.2, 0.25) is 5.02 Å². The minimum atomic E-state index is -0.801. The Morgan fingerprint density at radius 1 is 0.975 bits per heavy atom. The Balaban J connectivity index is 1.57. The summed E-state index contributed by atoms with van der Waals surface area (Å²) < 4.78 is 11.3. The molecule has 204 valence electrons. The molecule has 0 atom stereocenters. The van der Waals surface area contributed by atoms with Crippen LogP contribution in [0, 0.1) is 20.2 Å². The number of Topliss-reactive ketones (excluding diaryl/α,β-unsaturated/α-hetero) is 1. The van der Waals surface area contributed by atoms with Crippen LogP contribution in [0.15, 0.2) is 65.6 Å². The number of ketones is 1. The van der Waals surface area contributed by atoms with Crippen LogP contribution in [0.25, 0.3) is 6.08 Å². The predicted octanol–water partition coefficient (Wildman–Crippen LogP) is 6.27. The number of nitro benzene ring substituents is 2. The normalized spacial score (nSPS) is 13.9. The van der Waals surface area contributed by atoms with Crippen LogP contribution in [0.1, 0.15) is 22.8 Å². The van der Waals surface area contributed by atoms with Gasteiger partial charge >= 0.3 is 5.69 Å². The van der Waals surface area contributed by atoms with Gasteiger partial charge in [-0.25, -0.2) is 0 Å². The number of amides is 2. The van der Waals surface area contributed by atoms with E-state index < -0.39 is 44.7 Å². The maximum absolute atomic E-state index is 12.9. The fraction of sp³-hybridized carbons (Fsp3) is 0.115. The van der Waals surface area contributed by atoms with Crippen molar-refractivity contribution >= 4 is 57.7 Å². The average Bonchev–Trinajstić information content (AvgIpc) is 3.17. The first kappa shape index (κ1) is 28.3. The van der Waals surface area contributed by atoms with Crippen molar-refractivity contribution in [3.05, 3.63) is 102 Å². The van der Waals surface area contributed by atoms with Crippen molar-refractivity contribution in [2.24, 2.45) is 0 Å². The van der Waals surface area contributed by atoms with E-state index >= 15 is 0 Å². The Morgan fingerprint density at radius 3 is 2.33 bits per heavy atom. The molecule has 0 saturated carbocycles. The third-order valence-electron chi connectivity index (χ3n) is 5.48. The smallest absolute Gasteiger partial charge is 0.318 e. The van der Waals surface area contributed by atoms with Gasteiger partial charge in [0, 0.05) is 16.7 Å². The monoisotopic (exact) mass is 583 g/mol. The van der Waals surface area contributed by atoms with Crippen LogP contribution in [0.3, 0.4) is 0 Å². The van der Waals surface area contributed by atoms with Gasteiger partial charge in [0.15, 0.2) is 17.3 Å². The van der Waals surface area contributed by atoms with Gasteiger partial charge in [-0.15, -0.1) is 0 Å². The summed E-state index contributed by atoms with van der Waals surface area (Å²) in [5, 5.41) is 22.3. The summed E-state index contributed by atoms with van der Waals surface area (Å²) in [4.78, 5) is 59.8. The standard InChI is InChI=1S/C26H18ClN3O9S/c1-2-38-23-11-15(3-9-22(23)39-21-10-8-18(29(34)35)13-19(21)30(36)37)12-24-25(32)28(26(33)40-24)14-20(31)16-4-6-17(27)7-5-16/h3-13H,2,14H2,1H3/b24-12+. The maximum Gasteiger partial charge on any atom is 0.318 e. The van der Waals surface area contributed by atoms with E-state index in [-0.39, 0.29) is 28.8 Å². The molecule has 0 radical (unpaired) electrons. The van der Waals surface area contributed by atoms with E-state index in [4.69, 9.17) is 21.1 Å². The molecule has 1 aliphatic heterocycles. The summed E-state index contributed by atoms with van der Waals surface area (Å²) in [5.41, 5.74) is -0.327. The van der Waals surface area contributed by atoms with Crippen LogP contribution < -0.4 is 9.47 Å². The number of benzene rings is 3. The predicted molar refractivity (Wildman–Crippen MR) is 146 cm³/mol. The number of rotatable bonds is 10. The number of thioether (sulfide) groups is 1. The summed E-state index contributed by atoms with van der Waals surface area (Å²) in [6.07, 6.45) is 1.44. The zero-order valence-corrected chi connectivity index (χ0v) is 22.1. The summed E-state index contributed by atoms with van der Waals surface area (Å²) in [5.74, 6) is -1.06. The van der Waals surface area contributed by atoms with Gasteiger partial charge in [-0.2, -0.15) is 0 Å². The lowest BCUT2D eigenvalue weighted by molar-refractivity contribution is -0.394. The molecule has 1 aliphatic rings. The molecule has 1 saturated heterocycles. The molecule has 2 amide bonds. The lowest BCUT2D eigenvalue weighted by Crippen LogP contribution is -2.33. The number of imide groups is 1. The summed E-state index contributed by atoms with van der Waals surface area (Å²) in [6, 6.07) is 13.5. The third-order valence-corrected chi connectivity index (χ3v) is 6.64. The van der Waals surface area contributed by atoms with E-state index in [1.807, 2.05) is 0 Å². The van der Waals surface area contributed by atoms with E-state index in [1.54, 1.807) is 6.92 Å². The van der Waals surface area contributed by atoms with E-state index in [9.17, 15) is 34.6 Å². The number of non-ortho nitro benzene ring substituents is 1. The van der Waals surface area contributed by atoms with E-state index in [1.165, 1.54) is 48.5 Å². The van der Waals surface area contributed by atoms with Crippen molar-refractivity contribution in [1.82, 2.24) is 4.90 Å². The summed E-state index contributed by atoms with van der Waals surface area (Å²) in [7, 11) is 0. The quantitative estimate of drug-likeness (QED) is 0.115. The molecule has 4 rings (SSSR count). The first-order valence-electron chi connectivity index (χ1n) is 11.5. The molecule has 3 aromatic rings. The van der Waals surface area contributed by atoms with Gasteiger partial charge in [0.05, 0.1) is 34.0 Å². The van der Waals surface area contributed by atoms with Crippen molar-refractivity contribution in [3.63, 3.8) is 0 Å². The highest BCUT2D eigenvalue weighted by molar-refractivity contribution is 8.18. The minimum Gasteiger partial charge on any atom is -0.490 e. The second-order valence-corrected chi connectivity index (χ2v) is 9.54. The zero-order valence-electron chi connectivity index (χ0n) is 20.6. The average molecular weight is 584 g/mol. The molecule has 3 aromatic carbocycles. The maximum atomic E-state index is 12.9. The van der Waals surface area contributed by atoms with Crippen molar-refractivity contribution in [2.45, 2.75) is 6.92 Å². The van der Waals surface area contributed by atoms with Crippen LogP contribution in [-0.2, 0) is 4.79 Å². The van der Waals surface area contributed by atoms with Crippen LogP contribution in [0.5, 0.6) is 17.2 Å². The molecule has 0 unspecified atom stereocenters. The fourth-order valence-corrected chi connectivity index (χ4v) is 4.56. The van der Waals surface area contributed by atoms with Gasteiger partial charge < -0.3 is 9.47 Å². The summed E-state index contributed by atoms with van der Waals surface area (Å²) in [6.45, 7) is 1.47. The number of hydrogen-bond donors (Lipinski definition) is 0. The van der Waals surface area contributed by atoms with Crippen molar-refractivity contribution in [2.75, 3.05) is 13.2 Å². The molecule has 0 N–H and O–H groups in total. The van der Waals surface area contributed by atoms with Gasteiger partial charge in [-0.3, -0.25) is 39.5 Å². The Bertz CT molecular complexity index is 1570. The number of carbonyl (C=O) groups excluding carboxylic acids is 3. The first-order chi connectivity index (χ1) is 19.1. The number of nitro groups is 2. The van der Waals surface area contributed by atoms with E-state index in [0.29, 0.717) is 27.9 Å². The molecule has 40 heavy (non-hydrogen) atoms. The van der Waals surface area contributed by atoms with Crippen molar-refractivity contribution < 1.29 is 33.7 Å². The largest absolute Gasteiger partial charge is 0.490 e. The Morgan fingerprint density at radius 2 is 1.68 bits per heavy atom. The number of carbonyl (C=O) groups is 3. The minimum absolute atomic E-state index is 0.0797. The number of ether oxygens (including phenoxy) is 2. The summed E-state index contributed by atoms with van der Waals surface area (Å²) >= 11 is 6.51. The van der Waals surface area contributed by atoms with E-state index in [0.717, 1.165) is 23.1 Å². The lowest BCUT2D eigenvalue weighted by atomic mass is 10.1. The Hall–Kier alpha value is -4.75. The Labute approximate surface area is 235 Å². The molecule has 1 heterocycles. The lowest BCUT2D eigenvalue weighted by Gasteiger charge is -2.13. The van der Waals surface area contributed by atoms with Crippen molar-refractivity contribution in [1.29, 1.82) is 0 Å². The second-order valence-electron chi connectivity index (χ2n) is 8.11. The number of hydrogen-bond acceptors (Lipinski definition) is 10. The van der Waals surface area contributed by atoms with Crippen LogP contribution >= 0.6 is 23.4 Å². The van der Waals surface area contributed by atoms with Crippen molar-refractivity contribution in [3.8, 4) is 17.2 Å². The highest BCUT2D eigenvalue weighted by Gasteiger charge is 2.36. The second kappa shape index (κ2) is 12.0. The molecule has 14 heteroatoms. The van der Waals surface area contributed by atoms with Gasteiger partial charge in [-0.05, 0) is 72.8 Å². The zero-order chi connectivity index (χ0) is 29.0. The first-order valence-corrected chi connectivity index (χ1v) is 12.7. The molecule has 1 fully saturated rings. The number of halogens is 1. The van der Waals surface area contributed by atoms with Gasteiger partial charge in [0.25, 0.3) is 16.8 Å². The van der Waals surface area contributed by atoms with Gasteiger partial charge in [0.2, 0.25) is 5.75 Å². The highest BCUT2D eigenvalue weighted by Crippen LogP contribution is 2.39. The van der Waals surface area contributed by atoms with Crippen LogP contribution in [-0.4, -0.2) is 44.8 Å². The molecule has 0 aromatic heterocycles. The van der Waals surface area contributed by atoms with Crippen LogP contribution in [0.4, 0.5) is 16.2 Å². The molecule has 0 bridgehead atoms. The van der Waals surface area contributed by atoms with Gasteiger partial charge in [0.1, 0.15) is 0 Å². The molecular formula is C26H18ClN3O9S. The van der Waals surface area contributed by atoms with Gasteiger partial charge in [-0.1, -0.05) is 17.7 Å². The third kappa shape index (κ3) is 6.27. The SMILES string of the molecule is CCOc1cc(/C=C2/SC(=O)N(CC(=O)c3ccc(Cl)cc3)C2=O)ccc1Oc1ccc([N+](=O)[O-])cc1[N+](=O)[O-]. The number of nitrogens with zero attached hydrogens (tertiary/aromatic N) is 3. The highest BCUT2D eigenvalue weighted by atomic mass is 35.5. The fourth-order valence-electron chi connectivity index (χ4n) is 3.59. The Kier molecular flexibility index (Phi) is 8.46. The molecule has 0 spiro atoms. The molecule has 12 nitrogen and oxygen atoms in total. The molecular weight excluding hydrogens is 566 g/mol. The molecule has 0 aliphatic carbocycles. The topological polar surface area (TPSA) is 159 Å². The van der Waals surface area contributed by atoms with E-state index in [2.05, 4.69) is 0 Å².